The van der Waals surface area contributed by atoms with Crippen LogP contribution in [-0.4, -0.2) is 42.5 Å². The minimum Gasteiger partial charge on any atom is -0.362 e. The van der Waals surface area contributed by atoms with Crippen LogP contribution in [0.25, 0.3) is 0 Å². The molecule has 1 aliphatic rings. The SMILES string of the molecule is CCCCCCCCCCCCCCCCNC(=O)CN1C=CN(C)C1. The molecule has 4 nitrogen and oxygen atoms in total. The highest BCUT2D eigenvalue weighted by Gasteiger charge is 2.11. The number of unbranched alkanes of at least 4 members (excludes halogenated alkanes) is 13. The van der Waals surface area contributed by atoms with E-state index in [4.69, 9.17) is 0 Å². The van der Waals surface area contributed by atoms with Gasteiger partial charge in [0.2, 0.25) is 5.91 Å². The number of amides is 1. The van der Waals surface area contributed by atoms with Gasteiger partial charge in [-0.3, -0.25) is 4.79 Å². The largest absolute Gasteiger partial charge is 0.362 e. The minimum absolute atomic E-state index is 0.139. The third-order valence-electron chi connectivity index (χ3n) is 5.14. The van der Waals surface area contributed by atoms with Gasteiger partial charge >= 0.3 is 0 Å². The molecule has 0 radical (unpaired) electrons. The number of nitrogens with one attached hydrogen (secondary N) is 1. The summed E-state index contributed by atoms with van der Waals surface area (Å²) in [7, 11) is 2.02. The van der Waals surface area contributed by atoms with E-state index in [0.29, 0.717) is 6.54 Å². The van der Waals surface area contributed by atoms with Crippen LogP contribution in [-0.2, 0) is 4.79 Å². The first kappa shape index (κ1) is 22.9. The maximum atomic E-state index is 11.8. The highest BCUT2D eigenvalue weighted by atomic mass is 16.2. The maximum Gasteiger partial charge on any atom is 0.239 e. The summed E-state index contributed by atoms with van der Waals surface area (Å²) in [4.78, 5) is 15.9. The second kappa shape index (κ2) is 16.0. The van der Waals surface area contributed by atoms with Crippen molar-refractivity contribution in [3.63, 3.8) is 0 Å². The highest BCUT2D eigenvalue weighted by Crippen LogP contribution is 2.12. The van der Waals surface area contributed by atoms with Gasteiger partial charge < -0.3 is 15.1 Å². The van der Waals surface area contributed by atoms with Crippen LogP contribution in [0, 0.1) is 0 Å². The summed E-state index contributed by atoms with van der Waals surface area (Å²) in [5, 5.41) is 3.03. The molecular weight excluding hydrogens is 322 g/mol. The average molecular weight is 366 g/mol. The molecule has 0 aromatic rings. The summed E-state index contributed by atoms with van der Waals surface area (Å²) in [5.41, 5.74) is 0. The number of carbonyl (C=O) groups excluding carboxylic acids is 1. The van der Waals surface area contributed by atoms with Gasteiger partial charge in [-0.1, -0.05) is 90.4 Å². The molecule has 1 rings (SSSR count). The van der Waals surface area contributed by atoms with E-state index in [1.54, 1.807) is 0 Å². The Labute approximate surface area is 162 Å². The quantitative estimate of drug-likeness (QED) is 0.357. The molecule has 0 saturated carbocycles. The lowest BCUT2D eigenvalue weighted by Crippen LogP contribution is -2.36. The smallest absolute Gasteiger partial charge is 0.239 e. The predicted molar refractivity (Wildman–Crippen MR) is 112 cm³/mol. The topological polar surface area (TPSA) is 35.6 Å². The third kappa shape index (κ3) is 13.1. The molecule has 0 spiro atoms. The molecule has 0 aliphatic carbocycles. The van der Waals surface area contributed by atoms with Crippen LogP contribution in [0.4, 0.5) is 0 Å². The fourth-order valence-corrected chi connectivity index (χ4v) is 3.48. The van der Waals surface area contributed by atoms with Crippen molar-refractivity contribution in [3.05, 3.63) is 12.4 Å². The molecule has 4 heteroatoms. The summed E-state index contributed by atoms with van der Waals surface area (Å²) >= 11 is 0. The zero-order valence-corrected chi connectivity index (χ0v) is 17.5. The van der Waals surface area contributed by atoms with Crippen molar-refractivity contribution in [2.75, 3.05) is 26.8 Å². The Morgan fingerprint density at radius 2 is 1.31 bits per heavy atom. The molecule has 152 valence electrons. The summed E-state index contributed by atoms with van der Waals surface area (Å²) in [6.07, 6.45) is 23.2. The van der Waals surface area contributed by atoms with Gasteiger partial charge in [0, 0.05) is 26.0 Å². The molecule has 0 aromatic carbocycles. The number of hydrogen-bond donors (Lipinski definition) is 1. The first-order chi connectivity index (χ1) is 12.7. The van der Waals surface area contributed by atoms with Gasteiger partial charge in [-0.2, -0.15) is 0 Å². The van der Waals surface area contributed by atoms with Crippen molar-refractivity contribution in [2.24, 2.45) is 0 Å². The molecule has 0 bridgehead atoms. The van der Waals surface area contributed by atoms with Crippen LogP contribution < -0.4 is 5.32 Å². The summed E-state index contributed by atoms with van der Waals surface area (Å²) in [5.74, 6) is 0.139. The van der Waals surface area contributed by atoms with E-state index in [0.717, 1.165) is 19.6 Å². The second-order valence-corrected chi connectivity index (χ2v) is 7.89. The lowest BCUT2D eigenvalue weighted by atomic mass is 10.0. The van der Waals surface area contributed by atoms with E-state index < -0.39 is 0 Å². The summed E-state index contributed by atoms with van der Waals surface area (Å²) < 4.78 is 0. The van der Waals surface area contributed by atoms with Crippen molar-refractivity contribution in [1.29, 1.82) is 0 Å². The number of hydrogen-bond acceptors (Lipinski definition) is 3. The van der Waals surface area contributed by atoms with E-state index in [2.05, 4.69) is 17.1 Å². The monoisotopic (exact) mass is 365 g/mol. The molecule has 0 unspecified atom stereocenters. The van der Waals surface area contributed by atoms with E-state index in [9.17, 15) is 4.79 Å². The van der Waals surface area contributed by atoms with Crippen LogP contribution in [0.1, 0.15) is 96.8 Å². The molecule has 1 aliphatic heterocycles. The van der Waals surface area contributed by atoms with Crippen LogP contribution in [0.2, 0.25) is 0 Å². The van der Waals surface area contributed by atoms with Crippen LogP contribution in [0.5, 0.6) is 0 Å². The van der Waals surface area contributed by atoms with Crippen molar-refractivity contribution in [3.8, 4) is 0 Å². The zero-order valence-electron chi connectivity index (χ0n) is 17.5. The highest BCUT2D eigenvalue weighted by molar-refractivity contribution is 5.78. The van der Waals surface area contributed by atoms with E-state index in [1.807, 2.05) is 24.3 Å². The molecule has 1 N–H and O–H groups in total. The standard InChI is InChI=1S/C22H43N3O/c1-3-4-5-6-7-8-9-10-11-12-13-14-15-16-17-23-22(26)20-25-19-18-24(2)21-25/h18-19H,3-17,20-21H2,1-2H3,(H,23,26). The van der Waals surface area contributed by atoms with Gasteiger partial charge in [-0.05, 0) is 6.42 Å². The Balaban J connectivity index is 1.74. The fraction of sp³-hybridized carbons (Fsp3) is 0.864. The normalized spacial score (nSPS) is 13.6. The Kier molecular flexibility index (Phi) is 14.1. The van der Waals surface area contributed by atoms with Crippen molar-refractivity contribution in [1.82, 2.24) is 15.1 Å². The molecule has 0 fully saturated rings. The van der Waals surface area contributed by atoms with Crippen LogP contribution in [0.15, 0.2) is 12.4 Å². The summed E-state index contributed by atoms with van der Waals surface area (Å²) in [6, 6.07) is 0. The van der Waals surface area contributed by atoms with Gasteiger partial charge in [-0.25, -0.2) is 0 Å². The number of rotatable bonds is 17. The Hall–Kier alpha value is -1.19. The molecule has 1 amide bonds. The van der Waals surface area contributed by atoms with Crippen LogP contribution >= 0.6 is 0 Å². The fourth-order valence-electron chi connectivity index (χ4n) is 3.48. The third-order valence-corrected chi connectivity index (χ3v) is 5.14. The molecule has 1 heterocycles. The average Bonchev–Trinajstić information content (AvgIpc) is 3.03. The molecule has 0 atom stereocenters. The first-order valence-corrected chi connectivity index (χ1v) is 11.1. The Morgan fingerprint density at radius 1 is 0.808 bits per heavy atom. The van der Waals surface area contributed by atoms with E-state index in [1.165, 1.54) is 83.5 Å². The Morgan fingerprint density at radius 3 is 1.77 bits per heavy atom. The summed E-state index contributed by atoms with van der Waals surface area (Å²) in [6.45, 7) is 4.39. The first-order valence-electron chi connectivity index (χ1n) is 11.1. The molecule has 0 saturated heterocycles. The van der Waals surface area contributed by atoms with Crippen molar-refractivity contribution < 1.29 is 4.79 Å². The van der Waals surface area contributed by atoms with Crippen molar-refractivity contribution in [2.45, 2.75) is 96.8 Å². The lowest BCUT2D eigenvalue weighted by Gasteiger charge is -2.17. The van der Waals surface area contributed by atoms with E-state index >= 15 is 0 Å². The van der Waals surface area contributed by atoms with Crippen LogP contribution in [0.3, 0.4) is 0 Å². The minimum atomic E-state index is 0.139. The molecular formula is C22H43N3O. The molecule has 0 aromatic heterocycles. The van der Waals surface area contributed by atoms with Gasteiger partial charge in [0.15, 0.2) is 0 Å². The van der Waals surface area contributed by atoms with E-state index in [-0.39, 0.29) is 5.91 Å². The number of nitrogens with zero attached hydrogens (tertiary/aromatic N) is 2. The predicted octanol–water partition coefficient (Wildman–Crippen LogP) is 5.26. The Bertz CT molecular complexity index is 370. The lowest BCUT2D eigenvalue weighted by molar-refractivity contribution is -0.121. The van der Waals surface area contributed by atoms with Gasteiger partial charge in [0.1, 0.15) is 0 Å². The van der Waals surface area contributed by atoms with Crippen molar-refractivity contribution >= 4 is 5.91 Å². The van der Waals surface area contributed by atoms with Gasteiger partial charge in [-0.15, -0.1) is 0 Å². The van der Waals surface area contributed by atoms with Gasteiger partial charge in [0.25, 0.3) is 0 Å². The molecule has 26 heavy (non-hydrogen) atoms. The maximum absolute atomic E-state index is 11.8. The number of carbonyl (C=O) groups is 1. The van der Waals surface area contributed by atoms with Gasteiger partial charge in [0.05, 0.1) is 13.2 Å². The zero-order chi connectivity index (χ0) is 18.9. The second-order valence-electron chi connectivity index (χ2n) is 7.89.